The highest BCUT2D eigenvalue weighted by molar-refractivity contribution is 5.91. The van der Waals surface area contributed by atoms with E-state index in [1.807, 2.05) is 60.7 Å². The van der Waals surface area contributed by atoms with Gasteiger partial charge in [-0.15, -0.1) is 0 Å². The van der Waals surface area contributed by atoms with Gasteiger partial charge in [0.2, 0.25) is 5.91 Å². The van der Waals surface area contributed by atoms with E-state index in [1.54, 1.807) is 0 Å². The van der Waals surface area contributed by atoms with Crippen LogP contribution in [-0.4, -0.2) is 19.0 Å². The van der Waals surface area contributed by atoms with Crippen molar-refractivity contribution >= 4 is 5.91 Å². The Labute approximate surface area is 118 Å². The molecule has 2 aromatic carbocycles. The third kappa shape index (κ3) is 1.82. The summed E-state index contributed by atoms with van der Waals surface area (Å²) in [6.07, 6.45) is 0. The first kappa shape index (κ1) is 12.9. The van der Waals surface area contributed by atoms with Crippen molar-refractivity contribution in [2.75, 3.05) is 13.1 Å². The molecule has 0 saturated carbocycles. The van der Waals surface area contributed by atoms with Crippen LogP contribution in [0.4, 0.5) is 0 Å². The van der Waals surface area contributed by atoms with E-state index in [2.05, 4.69) is 5.32 Å². The number of primary amides is 1. The number of rotatable bonds is 4. The lowest BCUT2D eigenvalue weighted by atomic mass is 9.63. The molecule has 0 aliphatic carbocycles. The van der Waals surface area contributed by atoms with Gasteiger partial charge in [-0.1, -0.05) is 60.7 Å². The van der Waals surface area contributed by atoms with Crippen molar-refractivity contribution in [3.8, 4) is 0 Å². The Kier molecular flexibility index (Phi) is 3.28. The maximum atomic E-state index is 12.5. The molecule has 1 fully saturated rings. The van der Waals surface area contributed by atoms with E-state index in [4.69, 9.17) is 5.73 Å². The number of nitrogens with one attached hydrogen (secondary N) is 1. The van der Waals surface area contributed by atoms with Gasteiger partial charge in [-0.2, -0.15) is 0 Å². The molecule has 1 aliphatic rings. The second-order valence-electron chi connectivity index (χ2n) is 5.26. The van der Waals surface area contributed by atoms with E-state index in [9.17, 15) is 4.79 Å². The normalized spacial score (nSPS) is 15.6. The lowest BCUT2D eigenvalue weighted by Crippen LogP contribution is -2.60. The van der Waals surface area contributed by atoms with Crippen LogP contribution in [0, 0.1) is 5.92 Å². The number of hydrogen-bond donors (Lipinski definition) is 2. The highest BCUT2D eigenvalue weighted by Crippen LogP contribution is 2.41. The Hall–Kier alpha value is -2.13. The zero-order chi connectivity index (χ0) is 14.0. The Balaban J connectivity index is 2.23. The summed E-state index contributed by atoms with van der Waals surface area (Å²) >= 11 is 0. The Morgan fingerprint density at radius 1 is 0.950 bits per heavy atom. The van der Waals surface area contributed by atoms with E-state index in [-0.39, 0.29) is 11.8 Å². The average Bonchev–Trinajstić information content (AvgIpc) is 2.44. The summed E-state index contributed by atoms with van der Waals surface area (Å²) in [6, 6.07) is 19.7. The first-order valence-corrected chi connectivity index (χ1v) is 6.88. The molecule has 3 rings (SSSR count). The monoisotopic (exact) mass is 266 g/mol. The van der Waals surface area contributed by atoms with Gasteiger partial charge < -0.3 is 11.1 Å². The van der Waals surface area contributed by atoms with Crippen molar-refractivity contribution in [1.82, 2.24) is 5.32 Å². The number of carbonyl (C=O) groups is 1. The molecule has 1 aliphatic heterocycles. The molecule has 1 saturated heterocycles. The number of nitrogens with two attached hydrogens (primary N) is 1. The second kappa shape index (κ2) is 5.10. The first-order valence-electron chi connectivity index (χ1n) is 6.88. The van der Waals surface area contributed by atoms with Crippen LogP contribution in [-0.2, 0) is 10.2 Å². The quantitative estimate of drug-likeness (QED) is 0.884. The van der Waals surface area contributed by atoms with Crippen molar-refractivity contribution in [2.45, 2.75) is 5.41 Å². The fourth-order valence-corrected chi connectivity index (χ4v) is 3.12. The average molecular weight is 266 g/mol. The van der Waals surface area contributed by atoms with Crippen LogP contribution in [0.1, 0.15) is 11.1 Å². The number of benzene rings is 2. The molecule has 1 heterocycles. The van der Waals surface area contributed by atoms with Gasteiger partial charge in [-0.3, -0.25) is 4.79 Å². The summed E-state index contributed by atoms with van der Waals surface area (Å²) in [5.74, 6) is -0.0776. The number of hydrogen-bond acceptors (Lipinski definition) is 2. The molecule has 0 aromatic heterocycles. The van der Waals surface area contributed by atoms with Crippen LogP contribution in [0.2, 0.25) is 0 Å². The third-order valence-corrected chi connectivity index (χ3v) is 4.24. The highest BCUT2D eigenvalue weighted by atomic mass is 16.1. The molecule has 1 amide bonds. The summed E-state index contributed by atoms with van der Waals surface area (Å²) in [6.45, 7) is 1.62. The van der Waals surface area contributed by atoms with E-state index in [0.29, 0.717) is 0 Å². The van der Waals surface area contributed by atoms with E-state index >= 15 is 0 Å². The summed E-state index contributed by atoms with van der Waals surface area (Å²) in [5.41, 5.74) is 7.09. The van der Waals surface area contributed by atoms with Gasteiger partial charge in [0.1, 0.15) is 5.41 Å². The third-order valence-electron chi connectivity index (χ3n) is 4.24. The summed E-state index contributed by atoms with van der Waals surface area (Å²) < 4.78 is 0. The maximum absolute atomic E-state index is 12.5. The van der Waals surface area contributed by atoms with Crippen molar-refractivity contribution < 1.29 is 4.79 Å². The first-order chi connectivity index (χ1) is 9.76. The minimum atomic E-state index is -0.742. The van der Waals surface area contributed by atoms with Crippen LogP contribution in [0.3, 0.4) is 0 Å². The minimum absolute atomic E-state index is 0.199. The summed E-state index contributed by atoms with van der Waals surface area (Å²) in [4.78, 5) is 12.5. The molecule has 3 N–H and O–H groups in total. The van der Waals surface area contributed by atoms with Crippen LogP contribution in [0.25, 0.3) is 0 Å². The molecule has 102 valence electrons. The molecule has 0 spiro atoms. The van der Waals surface area contributed by atoms with Gasteiger partial charge in [0, 0.05) is 19.0 Å². The molecule has 2 aromatic rings. The SMILES string of the molecule is NC(=O)C(c1ccccc1)(c1ccccc1)C1CNC1. The second-order valence-corrected chi connectivity index (χ2v) is 5.26. The Morgan fingerprint density at radius 3 is 1.70 bits per heavy atom. The van der Waals surface area contributed by atoms with E-state index < -0.39 is 5.41 Å². The molecule has 3 heteroatoms. The van der Waals surface area contributed by atoms with Crippen LogP contribution in [0.15, 0.2) is 60.7 Å². The molecular formula is C17H18N2O. The zero-order valence-corrected chi connectivity index (χ0v) is 11.3. The number of amides is 1. The van der Waals surface area contributed by atoms with Crippen molar-refractivity contribution in [1.29, 1.82) is 0 Å². The smallest absolute Gasteiger partial charge is 0.232 e. The fraction of sp³-hybridized carbons (Fsp3) is 0.235. The molecule has 0 radical (unpaired) electrons. The lowest BCUT2D eigenvalue weighted by Gasteiger charge is -2.44. The minimum Gasteiger partial charge on any atom is -0.369 e. The van der Waals surface area contributed by atoms with Gasteiger partial charge in [-0.05, 0) is 11.1 Å². The highest BCUT2D eigenvalue weighted by Gasteiger charge is 2.49. The topological polar surface area (TPSA) is 55.1 Å². The summed E-state index contributed by atoms with van der Waals surface area (Å²) in [7, 11) is 0. The van der Waals surface area contributed by atoms with E-state index in [1.165, 1.54) is 0 Å². The fourth-order valence-electron chi connectivity index (χ4n) is 3.12. The predicted octanol–water partition coefficient (Wildman–Crippen LogP) is 1.68. The molecular weight excluding hydrogens is 248 g/mol. The van der Waals surface area contributed by atoms with Crippen LogP contribution in [0.5, 0.6) is 0 Å². The Morgan fingerprint density at radius 2 is 1.40 bits per heavy atom. The standard InChI is InChI=1S/C17H18N2O/c18-16(20)17(15-11-19-12-15,13-7-3-1-4-8-13)14-9-5-2-6-10-14/h1-10,15,19H,11-12H2,(H2,18,20). The molecule has 20 heavy (non-hydrogen) atoms. The van der Waals surface area contributed by atoms with Crippen LogP contribution >= 0.6 is 0 Å². The molecule has 0 unspecified atom stereocenters. The van der Waals surface area contributed by atoms with Gasteiger partial charge in [-0.25, -0.2) is 0 Å². The molecule has 0 bridgehead atoms. The molecule has 0 atom stereocenters. The van der Waals surface area contributed by atoms with Crippen molar-refractivity contribution in [3.05, 3.63) is 71.8 Å². The lowest BCUT2D eigenvalue weighted by molar-refractivity contribution is -0.124. The van der Waals surface area contributed by atoms with Gasteiger partial charge in [0.25, 0.3) is 0 Å². The van der Waals surface area contributed by atoms with Gasteiger partial charge in [0.15, 0.2) is 0 Å². The number of carbonyl (C=O) groups excluding carboxylic acids is 1. The summed E-state index contributed by atoms with van der Waals surface area (Å²) in [5, 5.41) is 3.25. The van der Waals surface area contributed by atoms with Crippen LogP contribution < -0.4 is 11.1 Å². The van der Waals surface area contributed by atoms with Gasteiger partial charge in [0.05, 0.1) is 0 Å². The Bertz CT molecular complexity index is 551. The van der Waals surface area contributed by atoms with Gasteiger partial charge >= 0.3 is 0 Å². The molecule has 3 nitrogen and oxygen atoms in total. The van der Waals surface area contributed by atoms with E-state index in [0.717, 1.165) is 24.2 Å². The predicted molar refractivity (Wildman–Crippen MR) is 79.2 cm³/mol. The van der Waals surface area contributed by atoms with Crippen molar-refractivity contribution in [2.24, 2.45) is 11.7 Å². The largest absolute Gasteiger partial charge is 0.369 e. The maximum Gasteiger partial charge on any atom is 0.232 e. The zero-order valence-electron chi connectivity index (χ0n) is 11.3. The van der Waals surface area contributed by atoms with Crippen molar-refractivity contribution in [3.63, 3.8) is 0 Å².